The number of alkyl halides is 1. The average Bonchev–Trinajstić information content (AvgIpc) is 3.73. The molecule has 2 aromatic heterocycles. The first-order valence-electron chi connectivity index (χ1n) is 15.9. The second-order valence-electron chi connectivity index (χ2n) is 11.7. The molecule has 1 fully saturated rings. The van der Waals surface area contributed by atoms with E-state index >= 15 is 4.39 Å². The highest BCUT2D eigenvalue weighted by atomic mass is 19.1. The summed E-state index contributed by atoms with van der Waals surface area (Å²) in [6.07, 6.45) is -3.16. The number of carbonyl (C=O) groups is 1. The van der Waals surface area contributed by atoms with Gasteiger partial charge in [-0.05, 0) is 53.1 Å². The van der Waals surface area contributed by atoms with E-state index in [2.05, 4.69) is 20.3 Å². The van der Waals surface area contributed by atoms with Crippen LogP contribution in [0.1, 0.15) is 33.3 Å². The fraction of sp³-hybridized carbons (Fsp3) is 0.211. The molecule has 4 atom stereocenters. The van der Waals surface area contributed by atoms with E-state index < -0.39 is 30.2 Å². The third kappa shape index (κ3) is 6.04. The zero-order chi connectivity index (χ0) is 34.7. The van der Waals surface area contributed by atoms with E-state index in [1.165, 1.54) is 17.2 Å². The molecule has 0 aliphatic carbocycles. The van der Waals surface area contributed by atoms with Gasteiger partial charge in [-0.1, -0.05) is 72.8 Å². The van der Waals surface area contributed by atoms with Crippen LogP contribution in [-0.2, 0) is 15.1 Å². The number of nitrogens with zero attached hydrogens (tertiary/aromatic N) is 4. The van der Waals surface area contributed by atoms with Crippen molar-refractivity contribution in [3.05, 3.63) is 144 Å². The van der Waals surface area contributed by atoms with Gasteiger partial charge >= 0.3 is 0 Å². The number of imidazole rings is 1. The number of amides is 1. The van der Waals surface area contributed by atoms with Crippen LogP contribution in [0.4, 0.5) is 10.2 Å². The van der Waals surface area contributed by atoms with Crippen LogP contribution in [0.5, 0.6) is 11.5 Å². The van der Waals surface area contributed by atoms with Crippen LogP contribution < -0.4 is 14.8 Å². The van der Waals surface area contributed by atoms with E-state index in [1.54, 1.807) is 38.5 Å². The lowest BCUT2D eigenvalue weighted by atomic mass is 9.80. The third-order valence-corrected chi connectivity index (χ3v) is 8.83. The van der Waals surface area contributed by atoms with Gasteiger partial charge in [0.25, 0.3) is 5.91 Å². The highest BCUT2D eigenvalue weighted by Gasteiger charge is 2.48. The molecule has 1 amide bonds. The smallest absolute Gasteiger partial charge is 0.256 e. The van der Waals surface area contributed by atoms with Crippen molar-refractivity contribution in [2.24, 2.45) is 0 Å². The Kier molecular flexibility index (Phi) is 9.22. The van der Waals surface area contributed by atoms with Crippen molar-refractivity contribution in [3.8, 4) is 11.5 Å². The van der Waals surface area contributed by atoms with E-state index in [4.69, 9.17) is 18.9 Å². The second kappa shape index (κ2) is 14.0. The van der Waals surface area contributed by atoms with E-state index in [9.17, 15) is 9.90 Å². The summed E-state index contributed by atoms with van der Waals surface area (Å²) in [7, 11) is 3.19. The number of aliphatic hydroxyl groups excluding tert-OH is 1. The second-order valence-corrected chi connectivity index (χ2v) is 11.7. The van der Waals surface area contributed by atoms with Gasteiger partial charge in [0, 0.05) is 5.56 Å². The van der Waals surface area contributed by atoms with Gasteiger partial charge in [-0.3, -0.25) is 9.36 Å². The summed E-state index contributed by atoms with van der Waals surface area (Å²) in [6.45, 7) is -0.189. The van der Waals surface area contributed by atoms with E-state index in [-0.39, 0.29) is 29.5 Å². The van der Waals surface area contributed by atoms with Crippen molar-refractivity contribution in [3.63, 3.8) is 0 Å². The standard InChI is InChI=1S/C38H34FN5O6/c1-47-28-17-13-26(14-18-28)38(25-11-7-4-8-12-25,27-15-19-29(48-2)20-16-27)49-21-30-33(45)31(39)37(50-30)44-23-42-32-34(40-22-41-35(32)44)43-36(46)24-9-5-3-6-10-24/h3-20,22-23,30-31,33,37,45H,21H2,1-2H3,(H,40,41,43,46)/t30?,31?,33-,37?/m0/s1. The molecule has 50 heavy (non-hydrogen) atoms. The molecule has 2 N–H and O–H groups in total. The number of anilines is 1. The van der Waals surface area contributed by atoms with Gasteiger partial charge in [-0.15, -0.1) is 0 Å². The van der Waals surface area contributed by atoms with Crippen molar-refractivity contribution in [2.45, 2.75) is 30.2 Å². The van der Waals surface area contributed by atoms with Crippen LogP contribution >= 0.6 is 0 Å². The van der Waals surface area contributed by atoms with Crippen LogP contribution in [0.25, 0.3) is 11.2 Å². The summed E-state index contributed by atoms with van der Waals surface area (Å²) in [4.78, 5) is 25.7. The summed E-state index contributed by atoms with van der Waals surface area (Å²) >= 11 is 0. The van der Waals surface area contributed by atoms with Crippen molar-refractivity contribution < 1.29 is 33.2 Å². The molecular formula is C38H34FN5O6. The minimum Gasteiger partial charge on any atom is -0.497 e. The van der Waals surface area contributed by atoms with Gasteiger partial charge in [0.2, 0.25) is 0 Å². The number of fused-ring (bicyclic) bond motifs is 1. The molecule has 4 aromatic carbocycles. The Morgan fingerprint density at radius 1 is 0.840 bits per heavy atom. The zero-order valence-electron chi connectivity index (χ0n) is 27.2. The Morgan fingerprint density at radius 3 is 2.02 bits per heavy atom. The summed E-state index contributed by atoms with van der Waals surface area (Å²) in [5, 5.41) is 14.0. The average molecular weight is 676 g/mol. The first-order valence-corrected chi connectivity index (χ1v) is 15.9. The lowest BCUT2D eigenvalue weighted by Gasteiger charge is -2.37. The van der Waals surface area contributed by atoms with Gasteiger partial charge in [-0.25, -0.2) is 19.3 Å². The van der Waals surface area contributed by atoms with Gasteiger partial charge in [0.1, 0.15) is 35.6 Å². The number of ether oxygens (including phenoxy) is 4. The van der Waals surface area contributed by atoms with Crippen molar-refractivity contribution in [1.82, 2.24) is 19.5 Å². The van der Waals surface area contributed by atoms with Crippen LogP contribution in [0.3, 0.4) is 0 Å². The van der Waals surface area contributed by atoms with Crippen LogP contribution in [0, 0.1) is 0 Å². The molecule has 12 heteroatoms. The molecule has 1 aliphatic rings. The van der Waals surface area contributed by atoms with Gasteiger partial charge in [0.15, 0.2) is 29.4 Å². The zero-order valence-corrected chi connectivity index (χ0v) is 27.2. The topological polar surface area (TPSA) is 130 Å². The van der Waals surface area contributed by atoms with Crippen molar-refractivity contribution >= 4 is 22.9 Å². The Labute approximate surface area is 287 Å². The predicted molar refractivity (Wildman–Crippen MR) is 183 cm³/mol. The van der Waals surface area contributed by atoms with Crippen molar-refractivity contribution in [1.29, 1.82) is 0 Å². The van der Waals surface area contributed by atoms with Gasteiger partial charge in [0.05, 0.1) is 27.2 Å². The number of halogens is 1. The van der Waals surface area contributed by atoms with E-state index in [0.29, 0.717) is 17.1 Å². The number of carbonyl (C=O) groups excluding carboxylic acids is 1. The summed E-state index contributed by atoms with van der Waals surface area (Å²) < 4.78 is 41.3. The monoisotopic (exact) mass is 675 g/mol. The number of aromatic nitrogens is 4. The van der Waals surface area contributed by atoms with Gasteiger partial charge < -0.3 is 29.4 Å². The lowest BCUT2D eigenvalue weighted by Crippen LogP contribution is -2.39. The normalized spacial score (nSPS) is 19.0. The quantitative estimate of drug-likeness (QED) is 0.166. The molecule has 0 bridgehead atoms. The maximum atomic E-state index is 16.0. The van der Waals surface area contributed by atoms with Crippen LogP contribution in [-0.4, -0.2) is 69.7 Å². The number of hydrogen-bond acceptors (Lipinski definition) is 9. The summed E-state index contributed by atoms with van der Waals surface area (Å²) in [6, 6.07) is 33.3. The molecule has 11 nitrogen and oxygen atoms in total. The molecule has 0 spiro atoms. The third-order valence-electron chi connectivity index (χ3n) is 8.83. The number of hydrogen-bond donors (Lipinski definition) is 2. The summed E-state index contributed by atoms with van der Waals surface area (Å²) in [5.41, 5.74) is 2.05. The highest BCUT2D eigenvalue weighted by Crippen LogP contribution is 2.43. The first kappa shape index (κ1) is 32.8. The Balaban J connectivity index is 1.20. The SMILES string of the molecule is COc1ccc(C(OCC2OC(n3cnc4c(NC(=O)c5ccccc5)ncnc43)C(F)[C@H]2O)(c2ccccc2)c2ccc(OC)cc2)cc1. The largest absolute Gasteiger partial charge is 0.497 e. The molecule has 3 heterocycles. The molecule has 1 saturated heterocycles. The first-order chi connectivity index (χ1) is 24.4. The summed E-state index contributed by atoms with van der Waals surface area (Å²) in [5.74, 6) is 1.11. The number of nitrogens with one attached hydrogen (secondary N) is 1. The Hall–Kier alpha value is -5.69. The van der Waals surface area contributed by atoms with E-state index in [0.717, 1.165) is 16.7 Å². The molecule has 3 unspecified atom stereocenters. The molecule has 6 aromatic rings. The highest BCUT2D eigenvalue weighted by molar-refractivity contribution is 6.06. The van der Waals surface area contributed by atoms with Crippen LogP contribution in [0.2, 0.25) is 0 Å². The maximum Gasteiger partial charge on any atom is 0.256 e. The molecule has 254 valence electrons. The number of methoxy groups -OCH3 is 2. The fourth-order valence-electron chi connectivity index (χ4n) is 6.25. The van der Waals surface area contributed by atoms with E-state index in [1.807, 2.05) is 84.9 Å². The predicted octanol–water partition coefficient (Wildman–Crippen LogP) is 5.70. The minimum atomic E-state index is -1.86. The molecule has 7 rings (SSSR count). The Morgan fingerprint density at radius 2 is 1.42 bits per heavy atom. The van der Waals surface area contributed by atoms with Crippen LogP contribution in [0.15, 0.2) is 122 Å². The number of benzene rings is 4. The molecular weight excluding hydrogens is 641 g/mol. The Bertz CT molecular complexity index is 2010. The molecule has 1 aliphatic heterocycles. The maximum absolute atomic E-state index is 16.0. The number of rotatable bonds is 11. The molecule has 0 saturated carbocycles. The van der Waals surface area contributed by atoms with Crippen molar-refractivity contribution in [2.75, 3.05) is 26.1 Å². The lowest BCUT2D eigenvalue weighted by molar-refractivity contribution is -0.0935. The molecule has 0 radical (unpaired) electrons. The van der Waals surface area contributed by atoms with Gasteiger partial charge in [-0.2, -0.15) is 0 Å². The fourth-order valence-corrected chi connectivity index (χ4v) is 6.25. The number of aliphatic hydroxyl groups is 1. The minimum absolute atomic E-state index is 0.156.